The monoisotopic (exact) mass is 536 g/mol. The lowest BCUT2D eigenvalue weighted by Crippen LogP contribution is -2.25. The molecule has 5 heterocycles. The van der Waals surface area contributed by atoms with Gasteiger partial charge in [0.15, 0.2) is 23.2 Å². The first-order valence-corrected chi connectivity index (χ1v) is 11.9. The number of H-pyrrole nitrogens is 1. The highest BCUT2D eigenvalue weighted by atomic mass is 19.1. The molecule has 5 aromatic heterocycles. The number of rotatable bonds is 8. The normalized spacial score (nSPS) is 10.6. The van der Waals surface area contributed by atoms with Crippen molar-refractivity contribution >= 4 is 17.5 Å². The summed E-state index contributed by atoms with van der Waals surface area (Å²) in [5.74, 6) is -0.00247. The average Bonchev–Trinajstić information content (AvgIpc) is 3.43. The fourth-order valence-corrected chi connectivity index (χ4v) is 3.68. The highest BCUT2D eigenvalue weighted by Gasteiger charge is 2.16. The van der Waals surface area contributed by atoms with Gasteiger partial charge in [-0.15, -0.1) is 0 Å². The van der Waals surface area contributed by atoms with Crippen LogP contribution in [-0.2, 0) is 6.54 Å². The van der Waals surface area contributed by atoms with Crippen LogP contribution in [0.25, 0.3) is 22.6 Å². The molecule has 198 valence electrons. The Kier molecular flexibility index (Phi) is 7.32. The average molecular weight is 537 g/mol. The summed E-state index contributed by atoms with van der Waals surface area (Å²) in [6, 6.07) is 13.5. The third kappa shape index (κ3) is 5.86. The van der Waals surface area contributed by atoms with E-state index in [4.69, 9.17) is 10.00 Å². The lowest BCUT2D eigenvalue weighted by molar-refractivity contribution is 0.0941. The number of pyridine rings is 3. The van der Waals surface area contributed by atoms with E-state index in [1.54, 1.807) is 44.6 Å². The Labute approximate surface area is 227 Å². The highest BCUT2D eigenvalue weighted by Crippen LogP contribution is 2.22. The Morgan fingerprint density at radius 2 is 1.88 bits per heavy atom. The van der Waals surface area contributed by atoms with Crippen molar-refractivity contribution in [1.82, 2.24) is 40.4 Å². The van der Waals surface area contributed by atoms with E-state index in [0.29, 0.717) is 28.9 Å². The molecule has 1 amide bonds. The van der Waals surface area contributed by atoms with Crippen molar-refractivity contribution in [1.29, 1.82) is 5.26 Å². The van der Waals surface area contributed by atoms with Crippen molar-refractivity contribution in [3.05, 3.63) is 89.5 Å². The van der Waals surface area contributed by atoms with Crippen molar-refractivity contribution in [3.8, 4) is 34.6 Å². The summed E-state index contributed by atoms with van der Waals surface area (Å²) in [4.78, 5) is 34.0. The van der Waals surface area contributed by atoms with Gasteiger partial charge in [-0.2, -0.15) is 10.4 Å². The predicted molar refractivity (Wildman–Crippen MR) is 142 cm³/mol. The number of hydrogen-bond donors (Lipinski definition) is 3. The van der Waals surface area contributed by atoms with Crippen LogP contribution in [0.3, 0.4) is 0 Å². The Balaban J connectivity index is 1.25. The lowest BCUT2D eigenvalue weighted by Gasteiger charge is -2.09. The molecule has 0 aliphatic carbocycles. The van der Waals surface area contributed by atoms with E-state index in [0.717, 1.165) is 17.2 Å². The van der Waals surface area contributed by atoms with Gasteiger partial charge in [0, 0.05) is 60.2 Å². The van der Waals surface area contributed by atoms with E-state index in [1.807, 2.05) is 18.2 Å². The van der Waals surface area contributed by atoms with Crippen LogP contribution >= 0.6 is 0 Å². The largest absolute Gasteiger partial charge is 0.481 e. The number of ether oxygens (including phenoxy) is 1. The van der Waals surface area contributed by atoms with Crippen LogP contribution in [-0.4, -0.2) is 48.1 Å². The molecule has 0 aromatic carbocycles. The summed E-state index contributed by atoms with van der Waals surface area (Å²) in [7, 11) is 1.54. The first-order chi connectivity index (χ1) is 19.4. The standard InChI is InChI=1S/C27H21FN10O2/c1-15-7-22(35-23-9-19(10-29)37-38-23)36-26(34-15)18-8-20(28)25(32-14-18)27(39)33-12-16-3-5-21(30-11-16)17-4-6-24(40-2)31-13-17/h3-9,11,13-14H,12H2,1-2H3,(H,33,39)(H2,34,35,36,37,38). The van der Waals surface area contributed by atoms with Crippen LogP contribution in [0.5, 0.6) is 5.88 Å². The van der Waals surface area contributed by atoms with E-state index < -0.39 is 11.7 Å². The van der Waals surface area contributed by atoms with Gasteiger partial charge in [-0.05, 0) is 30.7 Å². The fraction of sp³-hybridized carbons (Fsp3) is 0.111. The highest BCUT2D eigenvalue weighted by molar-refractivity contribution is 5.92. The molecule has 3 N–H and O–H groups in total. The Morgan fingerprint density at radius 1 is 1.02 bits per heavy atom. The molecule has 0 atom stereocenters. The predicted octanol–water partition coefficient (Wildman–Crippen LogP) is 3.72. The quantitative estimate of drug-likeness (QED) is 0.266. The van der Waals surface area contributed by atoms with Gasteiger partial charge >= 0.3 is 0 Å². The number of nitrogens with zero attached hydrogens (tertiary/aromatic N) is 7. The lowest BCUT2D eigenvalue weighted by atomic mass is 10.1. The minimum Gasteiger partial charge on any atom is -0.481 e. The number of halogens is 1. The van der Waals surface area contributed by atoms with Crippen molar-refractivity contribution in [2.24, 2.45) is 0 Å². The van der Waals surface area contributed by atoms with Crippen molar-refractivity contribution in [2.45, 2.75) is 13.5 Å². The van der Waals surface area contributed by atoms with Gasteiger partial charge in [0.25, 0.3) is 5.91 Å². The molecule has 0 unspecified atom stereocenters. The van der Waals surface area contributed by atoms with E-state index in [1.165, 1.54) is 12.3 Å². The van der Waals surface area contributed by atoms with Gasteiger partial charge in [-0.3, -0.25) is 14.9 Å². The molecule has 5 aromatic rings. The third-order valence-electron chi connectivity index (χ3n) is 5.64. The minimum atomic E-state index is -0.818. The molecule has 13 heteroatoms. The maximum atomic E-state index is 14.9. The number of nitriles is 1. The SMILES string of the molecule is COc1ccc(-c2ccc(CNC(=O)c3ncc(-c4nc(C)cc(Nc5cc(C#N)[nH]n5)n4)cc3F)cn2)cn1. The molecule has 0 saturated heterocycles. The fourth-order valence-electron chi connectivity index (χ4n) is 3.68. The Morgan fingerprint density at radius 3 is 2.55 bits per heavy atom. The van der Waals surface area contributed by atoms with E-state index >= 15 is 0 Å². The van der Waals surface area contributed by atoms with Crippen LogP contribution in [0.2, 0.25) is 0 Å². The number of nitrogens with one attached hydrogen (secondary N) is 3. The maximum absolute atomic E-state index is 14.9. The van der Waals surface area contributed by atoms with Crippen LogP contribution in [0.1, 0.15) is 27.4 Å². The van der Waals surface area contributed by atoms with Gasteiger partial charge in [0.2, 0.25) is 5.88 Å². The van der Waals surface area contributed by atoms with E-state index in [9.17, 15) is 9.18 Å². The Bertz CT molecular complexity index is 1710. The van der Waals surface area contributed by atoms with E-state index in [-0.39, 0.29) is 29.3 Å². The number of aromatic amines is 1. The van der Waals surface area contributed by atoms with E-state index in [2.05, 4.69) is 45.8 Å². The van der Waals surface area contributed by atoms with Crippen LogP contribution in [0.4, 0.5) is 16.0 Å². The summed E-state index contributed by atoms with van der Waals surface area (Å²) in [6.45, 7) is 1.88. The molecule has 0 aliphatic heterocycles. The number of hydrogen-bond acceptors (Lipinski definition) is 10. The molecule has 0 bridgehead atoms. The van der Waals surface area contributed by atoms with Gasteiger partial charge in [-0.1, -0.05) is 6.07 Å². The van der Waals surface area contributed by atoms with Crippen LogP contribution < -0.4 is 15.4 Å². The van der Waals surface area contributed by atoms with Gasteiger partial charge in [0.05, 0.1) is 12.8 Å². The summed E-state index contributed by atoms with van der Waals surface area (Å²) < 4.78 is 20.0. The molecule has 0 spiro atoms. The minimum absolute atomic E-state index is 0.132. The Hall–Kier alpha value is -5.77. The molecule has 12 nitrogen and oxygen atoms in total. The second-order valence-corrected chi connectivity index (χ2v) is 8.50. The zero-order valence-electron chi connectivity index (χ0n) is 21.3. The summed E-state index contributed by atoms with van der Waals surface area (Å²) in [6.07, 6.45) is 4.61. The smallest absolute Gasteiger partial charge is 0.273 e. The number of aromatic nitrogens is 7. The second-order valence-electron chi connectivity index (χ2n) is 8.50. The summed E-state index contributed by atoms with van der Waals surface area (Å²) in [5.41, 5.74) is 3.07. The number of anilines is 2. The summed E-state index contributed by atoms with van der Waals surface area (Å²) in [5, 5.41) is 21.1. The zero-order valence-corrected chi connectivity index (χ0v) is 21.3. The topological polar surface area (TPSA) is 167 Å². The number of carbonyl (C=O) groups is 1. The van der Waals surface area contributed by atoms with Crippen LogP contribution in [0, 0.1) is 24.1 Å². The first kappa shape index (κ1) is 25.9. The molecular weight excluding hydrogens is 515 g/mol. The van der Waals surface area contributed by atoms with Gasteiger partial charge in [-0.25, -0.2) is 24.3 Å². The molecule has 0 fully saturated rings. The molecule has 40 heavy (non-hydrogen) atoms. The zero-order chi connectivity index (χ0) is 28.1. The number of amides is 1. The maximum Gasteiger partial charge on any atom is 0.273 e. The molecular formula is C27H21FN10O2. The summed E-state index contributed by atoms with van der Waals surface area (Å²) >= 11 is 0. The van der Waals surface area contributed by atoms with Crippen molar-refractivity contribution in [3.63, 3.8) is 0 Å². The molecule has 5 rings (SSSR count). The number of carbonyl (C=O) groups excluding carboxylic acids is 1. The third-order valence-corrected chi connectivity index (χ3v) is 5.64. The molecule has 0 radical (unpaired) electrons. The van der Waals surface area contributed by atoms with Gasteiger partial charge < -0.3 is 15.4 Å². The second kappa shape index (κ2) is 11.3. The number of methoxy groups -OCH3 is 1. The first-order valence-electron chi connectivity index (χ1n) is 11.9. The number of aryl methyl sites for hydroxylation is 1. The van der Waals surface area contributed by atoms with Gasteiger partial charge in [0.1, 0.15) is 17.6 Å². The van der Waals surface area contributed by atoms with Crippen molar-refractivity contribution < 1.29 is 13.9 Å². The van der Waals surface area contributed by atoms with Crippen LogP contribution in [0.15, 0.2) is 61.1 Å². The molecule has 0 aliphatic rings. The molecule has 0 saturated carbocycles. The van der Waals surface area contributed by atoms with Crippen molar-refractivity contribution in [2.75, 3.05) is 12.4 Å².